The van der Waals surface area contributed by atoms with Crippen LogP contribution in [0.4, 0.5) is 4.39 Å². The Bertz CT molecular complexity index is 1170. The summed E-state index contributed by atoms with van der Waals surface area (Å²) in [5.74, 6) is -0.501. The summed E-state index contributed by atoms with van der Waals surface area (Å²) < 4.78 is 15.4. The number of hydrogen-bond acceptors (Lipinski definition) is 2. The number of halogens is 2. The molecule has 0 saturated carbocycles. The second-order valence-corrected chi connectivity index (χ2v) is 7.33. The van der Waals surface area contributed by atoms with E-state index in [4.69, 9.17) is 11.6 Å². The van der Waals surface area contributed by atoms with Gasteiger partial charge in [-0.3, -0.25) is 9.78 Å². The van der Waals surface area contributed by atoms with E-state index >= 15 is 0 Å². The maximum absolute atomic E-state index is 13.5. The summed E-state index contributed by atoms with van der Waals surface area (Å²) >= 11 is 6.04. The molecule has 150 valence electrons. The summed E-state index contributed by atoms with van der Waals surface area (Å²) in [5.41, 5.74) is 4.72. The zero-order valence-electron chi connectivity index (χ0n) is 16.3. The topological polar surface area (TPSA) is 46.9 Å². The van der Waals surface area contributed by atoms with E-state index in [-0.39, 0.29) is 11.7 Å². The van der Waals surface area contributed by atoms with Crippen LogP contribution in [0.25, 0.3) is 16.9 Å². The summed E-state index contributed by atoms with van der Waals surface area (Å²) in [6, 6.07) is 19.2. The van der Waals surface area contributed by atoms with Crippen LogP contribution < -0.4 is 5.32 Å². The second-order valence-electron chi connectivity index (χ2n) is 6.89. The lowest BCUT2D eigenvalue weighted by Crippen LogP contribution is -2.23. The van der Waals surface area contributed by atoms with Crippen molar-refractivity contribution in [3.63, 3.8) is 0 Å². The standard InChI is InChI=1S/C24H19ClFN3O/c1-16-22(24(30)28-15-17-3-2-12-27-14-17)13-23(18-4-6-19(25)7-5-18)29(16)21-10-8-20(26)9-11-21/h2-14H,15H2,1H3,(H,28,30). The van der Waals surface area contributed by atoms with Gasteiger partial charge in [0, 0.05) is 35.3 Å². The van der Waals surface area contributed by atoms with Crippen molar-refractivity contribution in [2.24, 2.45) is 0 Å². The third kappa shape index (κ3) is 4.11. The van der Waals surface area contributed by atoms with Crippen molar-refractivity contribution in [2.75, 3.05) is 0 Å². The second kappa shape index (κ2) is 8.51. The molecule has 0 aliphatic carbocycles. The molecule has 0 atom stereocenters. The first-order chi connectivity index (χ1) is 14.5. The van der Waals surface area contributed by atoms with Crippen molar-refractivity contribution < 1.29 is 9.18 Å². The molecule has 6 heteroatoms. The van der Waals surface area contributed by atoms with Gasteiger partial charge >= 0.3 is 0 Å². The number of carbonyl (C=O) groups excluding carboxylic acids is 1. The van der Waals surface area contributed by atoms with Gasteiger partial charge in [-0.2, -0.15) is 0 Å². The molecule has 0 fully saturated rings. The Balaban J connectivity index is 1.74. The predicted molar refractivity (Wildman–Crippen MR) is 116 cm³/mol. The number of pyridine rings is 1. The van der Waals surface area contributed by atoms with Gasteiger partial charge in [0.05, 0.1) is 11.3 Å². The molecule has 1 N–H and O–H groups in total. The van der Waals surface area contributed by atoms with E-state index in [0.29, 0.717) is 17.1 Å². The van der Waals surface area contributed by atoms with E-state index in [9.17, 15) is 9.18 Å². The number of amides is 1. The van der Waals surface area contributed by atoms with E-state index in [2.05, 4.69) is 10.3 Å². The van der Waals surface area contributed by atoms with Crippen LogP contribution in [-0.4, -0.2) is 15.5 Å². The third-order valence-electron chi connectivity index (χ3n) is 4.89. The lowest BCUT2D eigenvalue weighted by Gasteiger charge is -2.12. The van der Waals surface area contributed by atoms with Crippen LogP contribution in [0, 0.1) is 12.7 Å². The monoisotopic (exact) mass is 419 g/mol. The van der Waals surface area contributed by atoms with Gasteiger partial charge in [-0.1, -0.05) is 29.8 Å². The summed E-state index contributed by atoms with van der Waals surface area (Å²) in [6.07, 6.45) is 3.41. The minimum absolute atomic E-state index is 0.188. The lowest BCUT2D eigenvalue weighted by molar-refractivity contribution is 0.0950. The van der Waals surface area contributed by atoms with Gasteiger partial charge in [0.15, 0.2) is 0 Å². The smallest absolute Gasteiger partial charge is 0.253 e. The number of benzene rings is 2. The van der Waals surface area contributed by atoms with Crippen molar-refractivity contribution >= 4 is 17.5 Å². The maximum Gasteiger partial charge on any atom is 0.253 e. The average Bonchev–Trinajstić information content (AvgIpc) is 3.11. The molecule has 2 aromatic carbocycles. The average molecular weight is 420 g/mol. The highest BCUT2D eigenvalue weighted by atomic mass is 35.5. The van der Waals surface area contributed by atoms with Crippen molar-refractivity contribution in [2.45, 2.75) is 13.5 Å². The van der Waals surface area contributed by atoms with Crippen LogP contribution in [-0.2, 0) is 6.54 Å². The van der Waals surface area contributed by atoms with Gasteiger partial charge in [0.25, 0.3) is 5.91 Å². The van der Waals surface area contributed by atoms with Gasteiger partial charge < -0.3 is 9.88 Å². The first-order valence-electron chi connectivity index (χ1n) is 9.44. The minimum Gasteiger partial charge on any atom is -0.348 e. The molecule has 2 aromatic heterocycles. The Morgan fingerprint density at radius 3 is 2.50 bits per heavy atom. The van der Waals surface area contributed by atoms with E-state index < -0.39 is 0 Å². The van der Waals surface area contributed by atoms with Gasteiger partial charge in [-0.25, -0.2) is 4.39 Å². The fourth-order valence-electron chi connectivity index (χ4n) is 3.37. The Morgan fingerprint density at radius 2 is 1.83 bits per heavy atom. The Morgan fingerprint density at radius 1 is 1.10 bits per heavy atom. The Kier molecular flexibility index (Phi) is 5.63. The maximum atomic E-state index is 13.5. The number of nitrogens with zero attached hydrogens (tertiary/aromatic N) is 2. The van der Waals surface area contributed by atoms with Crippen LogP contribution in [0.3, 0.4) is 0 Å². The molecule has 0 aliphatic rings. The van der Waals surface area contributed by atoms with Gasteiger partial charge in [-0.15, -0.1) is 0 Å². The molecule has 0 spiro atoms. The molecule has 0 saturated heterocycles. The van der Waals surface area contributed by atoms with Crippen LogP contribution in [0.2, 0.25) is 5.02 Å². The molecule has 0 unspecified atom stereocenters. The molecular formula is C24H19ClFN3O. The van der Waals surface area contributed by atoms with Crippen molar-refractivity contribution in [1.29, 1.82) is 0 Å². The number of carbonyl (C=O) groups is 1. The van der Waals surface area contributed by atoms with E-state index in [1.54, 1.807) is 36.7 Å². The first-order valence-corrected chi connectivity index (χ1v) is 9.82. The largest absolute Gasteiger partial charge is 0.348 e. The van der Waals surface area contributed by atoms with Gasteiger partial charge in [-0.05, 0) is 66.6 Å². The number of hydrogen-bond donors (Lipinski definition) is 1. The number of rotatable bonds is 5. The summed E-state index contributed by atoms with van der Waals surface area (Å²) in [6.45, 7) is 2.26. The minimum atomic E-state index is -0.314. The van der Waals surface area contributed by atoms with E-state index in [1.807, 2.05) is 41.8 Å². The normalized spacial score (nSPS) is 10.8. The third-order valence-corrected chi connectivity index (χ3v) is 5.14. The highest BCUT2D eigenvalue weighted by Gasteiger charge is 2.19. The van der Waals surface area contributed by atoms with Crippen molar-refractivity contribution in [3.05, 3.63) is 107 Å². The molecule has 1 amide bonds. The fourth-order valence-corrected chi connectivity index (χ4v) is 3.50. The molecular weight excluding hydrogens is 401 g/mol. The van der Waals surface area contributed by atoms with Crippen LogP contribution in [0.1, 0.15) is 21.6 Å². The SMILES string of the molecule is Cc1c(C(=O)NCc2cccnc2)cc(-c2ccc(Cl)cc2)n1-c1ccc(F)cc1. The summed E-state index contributed by atoms with van der Waals surface area (Å²) in [5, 5.41) is 3.57. The van der Waals surface area contributed by atoms with Crippen LogP contribution in [0.5, 0.6) is 0 Å². The molecule has 0 bridgehead atoms. The zero-order chi connectivity index (χ0) is 21.1. The van der Waals surface area contributed by atoms with Gasteiger partial charge in [0.2, 0.25) is 0 Å². The highest BCUT2D eigenvalue weighted by Crippen LogP contribution is 2.30. The van der Waals surface area contributed by atoms with Crippen LogP contribution >= 0.6 is 11.6 Å². The van der Waals surface area contributed by atoms with Gasteiger partial charge in [0.1, 0.15) is 5.82 Å². The molecule has 0 aliphatic heterocycles. The van der Waals surface area contributed by atoms with Crippen molar-refractivity contribution in [1.82, 2.24) is 14.9 Å². The van der Waals surface area contributed by atoms with Crippen molar-refractivity contribution in [3.8, 4) is 16.9 Å². The first kappa shape index (κ1) is 19.9. The highest BCUT2D eigenvalue weighted by molar-refractivity contribution is 6.30. The number of nitrogens with one attached hydrogen (secondary N) is 1. The number of aromatic nitrogens is 2. The Labute approximate surface area is 179 Å². The lowest BCUT2D eigenvalue weighted by atomic mass is 10.1. The fraction of sp³-hybridized carbons (Fsp3) is 0.0833. The summed E-state index contributed by atoms with van der Waals surface area (Å²) in [4.78, 5) is 17.0. The Hall–Kier alpha value is -3.44. The summed E-state index contributed by atoms with van der Waals surface area (Å²) in [7, 11) is 0. The van der Waals surface area contributed by atoms with E-state index in [1.165, 1.54) is 12.1 Å². The zero-order valence-corrected chi connectivity index (χ0v) is 17.0. The van der Waals surface area contributed by atoms with Crippen LogP contribution in [0.15, 0.2) is 79.1 Å². The molecule has 4 aromatic rings. The molecule has 4 rings (SSSR count). The molecule has 30 heavy (non-hydrogen) atoms. The molecule has 4 nitrogen and oxygen atoms in total. The molecule has 0 radical (unpaired) electrons. The van der Waals surface area contributed by atoms with E-state index in [0.717, 1.165) is 28.2 Å². The molecule has 2 heterocycles. The predicted octanol–water partition coefficient (Wildman–Crippen LogP) is 5.57. The quantitative estimate of drug-likeness (QED) is 0.459.